The largest absolute Gasteiger partial charge is 0.344 e. The molecule has 0 radical (unpaired) electrons. The zero-order valence-electron chi connectivity index (χ0n) is 15.8. The lowest BCUT2D eigenvalue weighted by molar-refractivity contribution is 0.101. The van der Waals surface area contributed by atoms with E-state index in [9.17, 15) is 13.6 Å². The zero-order valence-corrected chi connectivity index (χ0v) is 15.8. The first-order chi connectivity index (χ1) is 13.9. The molecular formula is C22H18F2N4O. The predicted octanol–water partition coefficient (Wildman–Crippen LogP) is 5.17. The van der Waals surface area contributed by atoms with Gasteiger partial charge in [0.2, 0.25) is 0 Å². The fourth-order valence-corrected chi connectivity index (χ4v) is 3.29. The highest BCUT2D eigenvalue weighted by Gasteiger charge is 2.17. The Morgan fingerprint density at radius 1 is 1.07 bits per heavy atom. The Hall–Kier alpha value is -3.74. The van der Waals surface area contributed by atoms with Crippen molar-refractivity contribution in [1.29, 1.82) is 0 Å². The van der Waals surface area contributed by atoms with Gasteiger partial charge in [-0.1, -0.05) is 12.1 Å². The van der Waals surface area contributed by atoms with Gasteiger partial charge in [-0.3, -0.25) is 9.89 Å². The number of halogens is 2. The van der Waals surface area contributed by atoms with Gasteiger partial charge in [-0.2, -0.15) is 5.10 Å². The highest BCUT2D eigenvalue weighted by molar-refractivity contribution is 6.05. The lowest BCUT2D eigenvalue weighted by Gasteiger charge is -2.22. The van der Waals surface area contributed by atoms with Crippen LogP contribution >= 0.6 is 0 Å². The third kappa shape index (κ3) is 3.54. The molecule has 3 aromatic carbocycles. The molecule has 146 valence electrons. The molecule has 0 aliphatic rings. The molecule has 2 N–H and O–H groups in total. The lowest BCUT2D eigenvalue weighted by atomic mass is 10.1. The van der Waals surface area contributed by atoms with Crippen LogP contribution in [0.3, 0.4) is 0 Å². The standard InChI is InChI=1S/C22H18F2N4O/c1-13-9-19-14(12-25-27-19)10-20(13)28(2)16-6-3-5-15(11-16)26-22(29)21-17(23)7-4-8-18(21)24/h3-12H,1-2H3,(H,25,27)(H,26,29). The number of aromatic amines is 1. The minimum absolute atomic E-state index is 0.434. The van der Waals surface area contributed by atoms with Crippen LogP contribution in [0, 0.1) is 18.6 Å². The third-order valence-electron chi connectivity index (χ3n) is 4.80. The van der Waals surface area contributed by atoms with Crippen molar-refractivity contribution >= 4 is 33.9 Å². The summed E-state index contributed by atoms with van der Waals surface area (Å²) < 4.78 is 27.7. The number of nitrogens with zero attached hydrogens (tertiary/aromatic N) is 2. The summed E-state index contributed by atoms with van der Waals surface area (Å²) in [5.74, 6) is -2.64. The molecule has 1 aromatic heterocycles. The van der Waals surface area contributed by atoms with Gasteiger partial charge in [-0.05, 0) is 55.0 Å². The Balaban J connectivity index is 1.63. The second-order valence-electron chi connectivity index (χ2n) is 6.76. The van der Waals surface area contributed by atoms with Crippen LogP contribution in [0.4, 0.5) is 25.8 Å². The molecule has 0 bridgehead atoms. The summed E-state index contributed by atoms with van der Waals surface area (Å²) in [6.45, 7) is 2.00. The van der Waals surface area contributed by atoms with Crippen LogP contribution in [0.15, 0.2) is 60.8 Å². The van der Waals surface area contributed by atoms with Crippen molar-refractivity contribution in [1.82, 2.24) is 10.2 Å². The Bertz CT molecular complexity index is 1200. The molecule has 0 fully saturated rings. The van der Waals surface area contributed by atoms with Crippen molar-refractivity contribution in [3.63, 3.8) is 0 Å². The number of nitrogens with one attached hydrogen (secondary N) is 2. The molecule has 0 atom stereocenters. The van der Waals surface area contributed by atoms with Gasteiger partial charge in [0, 0.05) is 29.5 Å². The van der Waals surface area contributed by atoms with Crippen molar-refractivity contribution in [2.75, 3.05) is 17.3 Å². The van der Waals surface area contributed by atoms with E-state index in [0.29, 0.717) is 5.69 Å². The van der Waals surface area contributed by atoms with Gasteiger partial charge in [-0.15, -0.1) is 0 Å². The van der Waals surface area contributed by atoms with Crippen molar-refractivity contribution in [2.45, 2.75) is 6.92 Å². The van der Waals surface area contributed by atoms with E-state index in [2.05, 4.69) is 15.5 Å². The number of aromatic nitrogens is 2. The number of aryl methyl sites for hydroxylation is 1. The Morgan fingerprint density at radius 2 is 1.79 bits per heavy atom. The second kappa shape index (κ2) is 7.35. The molecule has 4 rings (SSSR count). The fourth-order valence-electron chi connectivity index (χ4n) is 3.29. The lowest BCUT2D eigenvalue weighted by Crippen LogP contribution is -2.16. The SMILES string of the molecule is Cc1cc2[nH]ncc2cc1N(C)c1cccc(NC(=O)c2c(F)cccc2F)c1. The highest BCUT2D eigenvalue weighted by atomic mass is 19.1. The number of hydrogen-bond donors (Lipinski definition) is 2. The molecule has 0 spiro atoms. The predicted molar refractivity (Wildman–Crippen MR) is 110 cm³/mol. The smallest absolute Gasteiger partial charge is 0.261 e. The van der Waals surface area contributed by atoms with Crippen LogP contribution in [-0.4, -0.2) is 23.2 Å². The van der Waals surface area contributed by atoms with Gasteiger partial charge in [0.05, 0.1) is 11.7 Å². The molecule has 0 aliphatic heterocycles. The van der Waals surface area contributed by atoms with Crippen LogP contribution in [0.5, 0.6) is 0 Å². The Kier molecular flexibility index (Phi) is 4.72. The molecule has 0 saturated carbocycles. The zero-order chi connectivity index (χ0) is 20.5. The molecule has 0 aliphatic carbocycles. The molecule has 29 heavy (non-hydrogen) atoms. The van der Waals surface area contributed by atoms with E-state index in [1.807, 2.05) is 37.1 Å². The summed E-state index contributed by atoms with van der Waals surface area (Å²) in [4.78, 5) is 14.3. The van der Waals surface area contributed by atoms with E-state index in [1.54, 1.807) is 24.4 Å². The number of anilines is 3. The van der Waals surface area contributed by atoms with Gasteiger partial charge in [0.1, 0.15) is 17.2 Å². The maximum atomic E-state index is 13.9. The van der Waals surface area contributed by atoms with Gasteiger partial charge in [0.25, 0.3) is 5.91 Å². The third-order valence-corrected chi connectivity index (χ3v) is 4.80. The van der Waals surface area contributed by atoms with E-state index >= 15 is 0 Å². The summed E-state index contributed by atoms with van der Waals surface area (Å²) in [5, 5.41) is 10.5. The molecule has 1 heterocycles. The van der Waals surface area contributed by atoms with Crippen molar-refractivity contribution in [2.24, 2.45) is 0 Å². The fraction of sp³-hybridized carbons (Fsp3) is 0.0909. The maximum Gasteiger partial charge on any atom is 0.261 e. The van der Waals surface area contributed by atoms with Crippen LogP contribution < -0.4 is 10.2 Å². The van der Waals surface area contributed by atoms with Gasteiger partial charge in [-0.25, -0.2) is 8.78 Å². The van der Waals surface area contributed by atoms with Crippen molar-refractivity contribution in [3.05, 3.63) is 83.6 Å². The van der Waals surface area contributed by atoms with Gasteiger partial charge < -0.3 is 10.2 Å². The van der Waals surface area contributed by atoms with Crippen molar-refractivity contribution < 1.29 is 13.6 Å². The maximum absolute atomic E-state index is 13.9. The number of H-pyrrole nitrogens is 1. The number of carbonyl (C=O) groups is 1. The van der Waals surface area contributed by atoms with Crippen LogP contribution in [0.2, 0.25) is 0 Å². The molecule has 1 amide bonds. The second-order valence-corrected chi connectivity index (χ2v) is 6.76. The number of rotatable bonds is 4. The summed E-state index contributed by atoms with van der Waals surface area (Å²) in [5.41, 5.74) is 3.61. The first-order valence-corrected chi connectivity index (χ1v) is 8.97. The minimum atomic E-state index is -0.903. The topological polar surface area (TPSA) is 61.0 Å². The first-order valence-electron chi connectivity index (χ1n) is 8.97. The number of amides is 1. The van der Waals surface area contributed by atoms with Crippen LogP contribution in [0.1, 0.15) is 15.9 Å². The van der Waals surface area contributed by atoms with Gasteiger partial charge in [0.15, 0.2) is 0 Å². The summed E-state index contributed by atoms with van der Waals surface area (Å²) in [6, 6.07) is 14.4. The molecule has 7 heteroatoms. The van der Waals surface area contributed by atoms with E-state index in [-0.39, 0.29) is 0 Å². The number of fused-ring (bicyclic) bond motifs is 1. The highest BCUT2D eigenvalue weighted by Crippen LogP contribution is 2.31. The average molecular weight is 392 g/mol. The van der Waals surface area contributed by atoms with Crippen LogP contribution in [-0.2, 0) is 0 Å². The first kappa shape index (κ1) is 18.6. The Labute approximate surface area is 166 Å². The van der Waals surface area contributed by atoms with Gasteiger partial charge >= 0.3 is 0 Å². The number of benzene rings is 3. The van der Waals surface area contributed by atoms with E-state index in [0.717, 1.165) is 40.0 Å². The quantitative estimate of drug-likeness (QED) is 0.504. The molecule has 0 unspecified atom stereocenters. The number of hydrogen-bond acceptors (Lipinski definition) is 3. The summed E-state index contributed by atoms with van der Waals surface area (Å²) in [6.07, 6.45) is 1.76. The molecular weight excluding hydrogens is 374 g/mol. The molecule has 5 nitrogen and oxygen atoms in total. The van der Waals surface area contributed by atoms with E-state index in [1.165, 1.54) is 6.07 Å². The normalized spacial score (nSPS) is 10.9. The summed E-state index contributed by atoms with van der Waals surface area (Å²) >= 11 is 0. The van der Waals surface area contributed by atoms with Crippen LogP contribution in [0.25, 0.3) is 10.9 Å². The van der Waals surface area contributed by atoms with E-state index < -0.39 is 23.1 Å². The molecule has 0 saturated heterocycles. The molecule has 4 aromatic rings. The average Bonchev–Trinajstić information content (AvgIpc) is 3.14. The summed E-state index contributed by atoms with van der Waals surface area (Å²) in [7, 11) is 1.91. The van der Waals surface area contributed by atoms with E-state index in [4.69, 9.17) is 0 Å². The minimum Gasteiger partial charge on any atom is -0.344 e. The van der Waals surface area contributed by atoms with Crippen molar-refractivity contribution in [3.8, 4) is 0 Å². The Morgan fingerprint density at radius 3 is 2.55 bits per heavy atom. The monoisotopic (exact) mass is 392 g/mol. The number of carbonyl (C=O) groups excluding carboxylic acids is 1.